The lowest BCUT2D eigenvalue weighted by molar-refractivity contribution is 0.414. The summed E-state index contributed by atoms with van der Waals surface area (Å²) in [7, 11) is 0. The Hall–Kier alpha value is -1.76. The molecular weight excluding hydrogens is 256 g/mol. The molecule has 1 aromatic rings. The molecule has 0 heterocycles. The maximum absolute atomic E-state index is 10.4. The summed E-state index contributed by atoms with van der Waals surface area (Å²) in [5, 5.41) is 10.4. The van der Waals surface area contributed by atoms with Crippen molar-refractivity contribution in [1.82, 2.24) is 0 Å². The molecule has 0 aliphatic heterocycles. The van der Waals surface area contributed by atoms with Crippen molar-refractivity contribution in [3.63, 3.8) is 0 Å². The predicted molar refractivity (Wildman–Crippen MR) is 91.7 cm³/mol. The molecule has 1 aliphatic rings. The zero-order valence-corrected chi connectivity index (χ0v) is 13.2. The van der Waals surface area contributed by atoms with Crippen LogP contribution in [0.1, 0.15) is 61.6 Å². The molecule has 1 N–H and O–H groups in total. The highest BCUT2D eigenvalue weighted by Gasteiger charge is 2.20. The molecule has 1 aliphatic carbocycles. The fourth-order valence-electron chi connectivity index (χ4n) is 3.30. The Morgan fingerprint density at radius 1 is 1.24 bits per heavy atom. The Bertz CT molecular complexity index is 557. The quantitative estimate of drug-likeness (QED) is 0.682. The van der Waals surface area contributed by atoms with Crippen LogP contribution in [0.25, 0.3) is 5.57 Å². The molecule has 21 heavy (non-hydrogen) atoms. The number of hydrogen-bond donors (Lipinski definition) is 1. The first kappa shape index (κ1) is 15.6. The van der Waals surface area contributed by atoms with E-state index in [0.29, 0.717) is 11.7 Å². The van der Waals surface area contributed by atoms with Gasteiger partial charge < -0.3 is 5.11 Å². The Labute approximate surface area is 128 Å². The first-order chi connectivity index (χ1) is 10.2. The molecule has 1 heteroatoms. The molecule has 0 bridgehead atoms. The maximum atomic E-state index is 10.4. The van der Waals surface area contributed by atoms with Crippen molar-refractivity contribution in [2.45, 2.75) is 51.9 Å². The van der Waals surface area contributed by atoms with Gasteiger partial charge in [-0.15, -0.1) is 0 Å². The molecule has 0 saturated heterocycles. The van der Waals surface area contributed by atoms with E-state index in [1.165, 1.54) is 37.7 Å². The molecule has 1 nitrogen and oxygen atoms in total. The van der Waals surface area contributed by atoms with E-state index in [2.05, 4.69) is 25.6 Å². The molecule has 0 spiro atoms. The van der Waals surface area contributed by atoms with Crippen LogP contribution in [-0.2, 0) is 0 Å². The first-order valence-corrected chi connectivity index (χ1v) is 7.96. The average Bonchev–Trinajstić information content (AvgIpc) is 2.48. The van der Waals surface area contributed by atoms with Crippen LogP contribution < -0.4 is 0 Å². The van der Waals surface area contributed by atoms with Crippen LogP contribution in [0.5, 0.6) is 5.75 Å². The SMILES string of the molecule is C=C/C=C(\C=C/C)c1cc(C2CCCCC2)c(O)cc1C. The lowest BCUT2D eigenvalue weighted by atomic mass is 9.82. The summed E-state index contributed by atoms with van der Waals surface area (Å²) in [6, 6.07) is 4.11. The smallest absolute Gasteiger partial charge is 0.119 e. The second-order valence-corrected chi connectivity index (χ2v) is 5.92. The van der Waals surface area contributed by atoms with Crippen molar-refractivity contribution < 1.29 is 5.11 Å². The van der Waals surface area contributed by atoms with Gasteiger partial charge in [-0.05, 0) is 67.0 Å². The van der Waals surface area contributed by atoms with Crippen LogP contribution in [-0.4, -0.2) is 5.11 Å². The molecule has 0 unspecified atom stereocenters. The molecule has 1 saturated carbocycles. The fourth-order valence-corrected chi connectivity index (χ4v) is 3.30. The molecule has 0 radical (unpaired) electrons. The van der Waals surface area contributed by atoms with Gasteiger partial charge in [0.1, 0.15) is 5.75 Å². The van der Waals surface area contributed by atoms with E-state index in [0.717, 1.165) is 16.7 Å². The Balaban J connectivity index is 2.46. The molecule has 1 aromatic carbocycles. The van der Waals surface area contributed by atoms with E-state index in [-0.39, 0.29) is 0 Å². The normalized spacial score (nSPS) is 17.3. The molecular formula is C20H26O. The van der Waals surface area contributed by atoms with Crippen molar-refractivity contribution in [3.8, 4) is 5.75 Å². The molecule has 2 rings (SSSR count). The maximum Gasteiger partial charge on any atom is 0.119 e. The monoisotopic (exact) mass is 282 g/mol. The fraction of sp³-hybridized carbons (Fsp3) is 0.400. The van der Waals surface area contributed by atoms with Crippen LogP contribution in [0.3, 0.4) is 0 Å². The third-order valence-corrected chi connectivity index (χ3v) is 4.37. The topological polar surface area (TPSA) is 20.2 Å². The second kappa shape index (κ2) is 7.31. The Kier molecular flexibility index (Phi) is 5.44. The number of benzene rings is 1. The lowest BCUT2D eigenvalue weighted by Crippen LogP contribution is -2.06. The zero-order valence-electron chi connectivity index (χ0n) is 13.2. The van der Waals surface area contributed by atoms with Crippen molar-refractivity contribution >= 4 is 5.57 Å². The van der Waals surface area contributed by atoms with E-state index >= 15 is 0 Å². The van der Waals surface area contributed by atoms with E-state index in [9.17, 15) is 5.11 Å². The standard InChI is InChI=1S/C20H26O/c1-4-9-16(10-5-2)18-14-19(20(21)13-15(18)3)17-11-7-6-8-12-17/h4-5,9-10,13-14,17,21H,1,6-8,11-12H2,2-3H3/b10-5-,16-9+. The van der Waals surface area contributed by atoms with Crippen LogP contribution >= 0.6 is 0 Å². The van der Waals surface area contributed by atoms with E-state index in [4.69, 9.17) is 0 Å². The number of aryl methyl sites for hydroxylation is 1. The number of phenols is 1. The van der Waals surface area contributed by atoms with Gasteiger partial charge in [-0.2, -0.15) is 0 Å². The van der Waals surface area contributed by atoms with Gasteiger partial charge in [-0.25, -0.2) is 0 Å². The Morgan fingerprint density at radius 2 is 1.95 bits per heavy atom. The molecule has 1 fully saturated rings. The predicted octanol–water partition coefficient (Wildman–Crippen LogP) is 5.89. The van der Waals surface area contributed by atoms with Gasteiger partial charge in [0.05, 0.1) is 0 Å². The van der Waals surface area contributed by atoms with E-state index < -0.39 is 0 Å². The zero-order chi connectivity index (χ0) is 15.2. The number of phenolic OH excluding ortho intramolecular Hbond substituents is 1. The minimum absolute atomic E-state index is 0.460. The van der Waals surface area contributed by atoms with Gasteiger partial charge in [0.2, 0.25) is 0 Å². The van der Waals surface area contributed by atoms with Gasteiger partial charge in [-0.3, -0.25) is 0 Å². The Morgan fingerprint density at radius 3 is 2.57 bits per heavy atom. The van der Waals surface area contributed by atoms with Crippen molar-refractivity contribution in [1.29, 1.82) is 0 Å². The van der Waals surface area contributed by atoms with E-state index in [1.807, 2.05) is 31.2 Å². The highest BCUT2D eigenvalue weighted by molar-refractivity contribution is 5.78. The lowest BCUT2D eigenvalue weighted by Gasteiger charge is -2.24. The number of aromatic hydroxyl groups is 1. The number of hydrogen-bond acceptors (Lipinski definition) is 1. The highest BCUT2D eigenvalue weighted by atomic mass is 16.3. The minimum atomic E-state index is 0.460. The third-order valence-electron chi connectivity index (χ3n) is 4.37. The van der Waals surface area contributed by atoms with Gasteiger partial charge in [0.25, 0.3) is 0 Å². The molecule has 0 atom stereocenters. The number of allylic oxidation sites excluding steroid dienone is 5. The third kappa shape index (κ3) is 3.66. The summed E-state index contributed by atoms with van der Waals surface area (Å²) < 4.78 is 0. The van der Waals surface area contributed by atoms with Gasteiger partial charge in [0, 0.05) is 0 Å². The molecule has 0 aromatic heterocycles. The van der Waals surface area contributed by atoms with Crippen molar-refractivity contribution in [2.24, 2.45) is 0 Å². The average molecular weight is 282 g/mol. The van der Waals surface area contributed by atoms with Crippen LogP contribution in [0.4, 0.5) is 0 Å². The van der Waals surface area contributed by atoms with Crippen LogP contribution in [0, 0.1) is 6.92 Å². The largest absolute Gasteiger partial charge is 0.508 e. The van der Waals surface area contributed by atoms with Gasteiger partial charge >= 0.3 is 0 Å². The molecule has 0 amide bonds. The first-order valence-electron chi connectivity index (χ1n) is 7.96. The van der Waals surface area contributed by atoms with Gasteiger partial charge in [0.15, 0.2) is 0 Å². The number of rotatable bonds is 4. The second-order valence-electron chi connectivity index (χ2n) is 5.92. The summed E-state index contributed by atoms with van der Waals surface area (Å²) in [6.07, 6.45) is 14.3. The summed E-state index contributed by atoms with van der Waals surface area (Å²) in [6.45, 7) is 7.89. The van der Waals surface area contributed by atoms with E-state index in [1.54, 1.807) is 0 Å². The minimum Gasteiger partial charge on any atom is -0.508 e. The van der Waals surface area contributed by atoms with Crippen molar-refractivity contribution in [3.05, 3.63) is 59.7 Å². The van der Waals surface area contributed by atoms with Crippen LogP contribution in [0.2, 0.25) is 0 Å². The van der Waals surface area contributed by atoms with Crippen molar-refractivity contribution in [2.75, 3.05) is 0 Å². The van der Waals surface area contributed by atoms with Gasteiger partial charge in [-0.1, -0.05) is 50.1 Å². The highest BCUT2D eigenvalue weighted by Crippen LogP contribution is 2.39. The summed E-state index contributed by atoms with van der Waals surface area (Å²) in [5.74, 6) is 0.968. The summed E-state index contributed by atoms with van der Waals surface area (Å²) in [5.41, 5.74) is 4.58. The van der Waals surface area contributed by atoms with Crippen LogP contribution in [0.15, 0.2) is 43.0 Å². The summed E-state index contributed by atoms with van der Waals surface area (Å²) >= 11 is 0. The summed E-state index contributed by atoms with van der Waals surface area (Å²) in [4.78, 5) is 0. The molecule has 112 valence electrons.